The van der Waals surface area contributed by atoms with Crippen LogP contribution in [-0.2, 0) is 4.79 Å². The van der Waals surface area contributed by atoms with Crippen molar-refractivity contribution >= 4 is 27.6 Å². The molecular weight excluding hydrogens is 274 g/mol. The number of furan rings is 1. The number of carbonyl (C=O) groups is 2. The first-order valence-electron chi connectivity index (χ1n) is 5.23. The zero-order valence-electron chi connectivity index (χ0n) is 8.66. The van der Waals surface area contributed by atoms with Crippen LogP contribution in [0.25, 0.3) is 0 Å². The Morgan fingerprint density at radius 1 is 1.38 bits per heavy atom. The van der Waals surface area contributed by atoms with Crippen LogP contribution in [0.15, 0.2) is 21.2 Å². The smallest absolute Gasteiger partial charge is 0.287 e. The minimum Gasteiger partial charge on any atom is -0.444 e. The topological polar surface area (TPSA) is 59.3 Å². The van der Waals surface area contributed by atoms with E-state index < -0.39 is 0 Å². The number of hydrogen-bond acceptors (Lipinski definition) is 3. The van der Waals surface area contributed by atoms with Gasteiger partial charge in [-0.1, -0.05) is 0 Å². The zero-order valence-corrected chi connectivity index (χ0v) is 10.2. The number of rotatable bonds is 2. The van der Waals surface area contributed by atoms with Crippen molar-refractivity contribution in [2.45, 2.75) is 31.7 Å². The summed E-state index contributed by atoms with van der Waals surface area (Å²) in [7, 11) is 0. The fourth-order valence-electron chi connectivity index (χ4n) is 1.78. The lowest BCUT2D eigenvalue weighted by Gasteiger charge is -2.21. The monoisotopic (exact) mass is 285 g/mol. The highest BCUT2D eigenvalue weighted by Crippen LogP contribution is 2.17. The third-order valence-electron chi connectivity index (χ3n) is 2.68. The Labute approximate surface area is 102 Å². The second-order valence-corrected chi connectivity index (χ2v) is 4.67. The highest BCUT2D eigenvalue weighted by atomic mass is 79.9. The van der Waals surface area contributed by atoms with Gasteiger partial charge in [-0.05, 0) is 40.9 Å². The molecule has 1 aromatic rings. The minimum absolute atomic E-state index is 0.0917. The molecule has 1 aliphatic rings. The molecule has 0 unspecified atom stereocenters. The van der Waals surface area contributed by atoms with Crippen molar-refractivity contribution in [2.24, 2.45) is 0 Å². The van der Waals surface area contributed by atoms with E-state index in [1.807, 2.05) is 0 Å². The fourth-order valence-corrected chi connectivity index (χ4v) is 2.08. The molecule has 1 heterocycles. The number of carbonyl (C=O) groups excluding carboxylic acids is 2. The Kier molecular flexibility index (Phi) is 3.43. The van der Waals surface area contributed by atoms with Gasteiger partial charge in [-0.25, -0.2) is 0 Å². The summed E-state index contributed by atoms with van der Waals surface area (Å²) in [6.07, 6.45) is 2.58. The second-order valence-electron chi connectivity index (χ2n) is 3.89. The zero-order chi connectivity index (χ0) is 11.5. The predicted octanol–water partition coefficient (Wildman–Crippen LogP) is 2.28. The number of hydrogen-bond donors (Lipinski definition) is 1. The van der Waals surface area contributed by atoms with Crippen molar-refractivity contribution in [3.05, 3.63) is 22.6 Å². The van der Waals surface area contributed by atoms with Crippen molar-refractivity contribution in [2.75, 3.05) is 0 Å². The van der Waals surface area contributed by atoms with Gasteiger partial charge >= 0.3 is 0 Å². The Morgan fingerprint density at radius 2 is 2.06 bits per heavy atom. The normalized spacial score (nSPS) is 17.4. The molecule has 2 rings (SSSR count). The van der Waals surface area contributed by atoms with Crippen LogP contribution < -0.4 is 5.32 Å². The van der Waals surface area contributed by atoms with E-state index in [1.165, 1.54) is 0 Å². The lowest BCUT2D eigenvalue weighted by molar-refractivity contribution is -0.120. The van der Waals surface area contributed by atoms with Crippen LogP contribution in [0.2, 0.25) is 0 Å². The van der Waals surface area contributed by atoms with Gasteiger partial charge in [0.05, 0.1) is 0 Å². The maximum Gasteiger partial charge on any atom is 0.287 e. The summed E-state index contributed by atoms with van der Waals surface area (Å²) in [6, 6.07) is 3.39. The van der Waals surface area contributed by atoms with E-state index in [0.717, 1.165) is 12.8 Å². The number of ketones is 1. The van der Waals surface area contributed by atoms with Crippen LogP contribution in [0.4, 0.5) is 0 Å². The summed E-state index contributed by atoms with van der Waals surface area (Å²) in [5.74, 6) is 0.361. The molecule has 0 radical (unpaired) electrons. The summed E-state index contributed by atoms with van der Waals surface area (Å²) >= 11 is 3.14. The van der Waals surface area contributed by atoms with Crippen LogP contribution in [0.5, 0.6) is 0 Å². The molecule has 0 saturated heterocycles. The average Bonchev–Trinajstić information content (AvgIpc) is 2.68. The molecular formula is C11H12BrNO3. The van der Waals surface area contributed by atoms with E-state index in [-0.39, 0.29) is 17.7 Å². The first kappa shape index (κ1) is 11.4. The van der Waals surface area contributed by atoms with Crippen molar-refractivity contribution in [1.82, 2.24) is 5.32 Å². The minimum atomic E-state index is -0.218. The van der Waals surface area contributed by atoms with E-state index in [1.54, 1.807) is 12.1 Å². The van der Waals surface area contributed by atoms with Gasteiger partial charge in [-0.3, -0.25) is 9.59 Å². The average molecular weight is 286 g/mol. The molecule has 0 atom stereocenters. The fraction of sp³-hybridized carbons (Fsp3) is 0.455. The van der Waals surface area contributed by atoms with Crippen LogP contribution in [-0.4, -0.2) is 17.7 Å². The number of Topliss-reactive ketones (excluding diaryl/α,β-unsaturated/α-hetero) is 1. The molecule has 1 saturated carbocycles. The van der Waals surface area contributed by atoms with E-state index in [0.29, 0.717) is 23.3 Å². The first-order chi connectivity index (χ1) is 7.65. The number of halogens is 1. The summed E-state index contributed by atoms with van der Waals surface area (Å²) in [5.41, 5.74) is 0. The Morgan fingerprint density at radius 3 is 2.62 bits per heavy atom. The van der Waals surface area contributed by atoms with E-state index >= 15 is 0 Å². The van der Waals surface area contributed by atoms with Gasteiger partial charge in [-0.15, -0.1) is 0 Å². The van der Waals surface area contributed by atoms with Gasteiger partial charge < -0.3 is 9.73 Å². The summed E-state index contributed by atoms with van der Waals surface area (Å²) in [5, 5.41) is 2.86. The molecule has 0 spiro atoms. The van der Waals surface area contributed by atoms with Crippen molar-refractivity contribution in [3.8, 4) is 0 Å². The quantitative estimate of drug-likeness (QED) is 0.907. The maximum absolute atomic E-state index is 11.7. The SMILES string of the molecule is O=C1CCC(NC(=O)c2ccc(Br)o2)CC1. The second kappa shape index (κ2) is 4.82. The molecule has 1 aromatic heterocycles. The summed E-state index contributed by atoms with van der Waals surface area (Å²) < 4.78 is 5.68. The maximum atomic E-state index is 11.7. The van der Waals surface area contributed by atoms with Crippen molar-refractivity contribution in [1.29, 1.82) is 0 Å². The standard InChI is InChI=1S/C11H12BrNO3/c12-10-6-5-9(16-10)11(15)13-7-1-3-8(14)4-2-7/h5-7H,1-4H2,(H,13,15). The van der Waals surface area contributed by atoms with Gasteiger partial charge in [0.2, 0.25) is 0 Å². The molecule has 5 heteroatoms. The molecule has 1 N–H and O–H groups in total. The number of nitrogens with one attached hydrogen (secondary N) is 1. The van der Waals surface area contributed by atoms with Crippen LogP contribution in [0, 0.1) is 0 Å². The van der Waals surface area contributed by atoms with Gasteiger partial charge in [0.15, 0.2) is 10.4 Å². The van der Waals surface area contributed by atoms with E-state index in [4.69, 9.17) is 4.42 Å². The van der Waals surface area contributed by atoms with Crippen molar-refractivity contribution in [3.63, 3.8) is 0 Å². The largest absolute Gasteiger partial charge is 0.444 e. The highest BCUT2D eigenvalue weighted by molar-refractivity contribution is 9.10. The summed E-state index contributed by atoms with van der Waals surface area (Å²) in [6.45, 7) is 0. The molecule has 86 valence electrons. The Hall–Kier alpha value is -1.10. The van der Waals surface area contributed by atoms with E-state index in [2.05, 4.69) is 21.2 Å². The van der Waals surface area contributed by atoms with E-state index in [9.17, 15) is 9.59 Å². The molecule has 1 aliphatic carbocycles. The molecule has 4 nitrogen and oxygen atoms in total. The van der Waals surface area contributed by atoms with Crippen LogP contribution in [0.3, 0.4) is 0 Å². The Balaban J connectivity index is 1.90. The van der Waals surface area contributed by atoms with Gasteiger partial charge in [0, 0.05) is 18.9 Å². The van der Waals surface area contributed by atoms with Crippen LogP contribution >= 0.6 is 15.9 Å². The van der Waals surface area contributed by atoms with Gasteiger partial charge in [-0.2, -0.15) is 0 Å². The molecule has 0 aromatic carbocycles. The molecule has 1 amide bonds. The van der Waals surface area contributed by atoms with Crippen molar-refractivity contribution < 1.29 is 14.0 Å². The molecule has 16 heavy (non-hydrogen) atoms. The molecule has 1 fully saturated rings. The van der Waals surface area contributed by atoms with Crippen LogP contribution in [0.1, 0.15) is 36.2 Å². The third-order valence-corrected chi connectivity index (χ3v) is 3.10. The predicted molar refractivity (Wildman–Crippen MR) is 61.1 cm³/mol. The Bertz CT molecular complexity index is 403. The third kappa shape index (κ3) is 2.72. The lowest BCUT2D eigenvalue weighted by Crippen LogP contribution is -2.37. The van der Waals surface area contributed by atoms with Gasteiger partial charge in [0.25, 0.3) is 5.91 Å². The lowest BCUT2D eigenvalue weighted by atomic mass is 9.94. The van der Waals surface area contributed by atoms with Gasteiger partial charge in [0.1, 0.15) is 5.78 Å². The number of amides is 1. The molecule has 0 aliphatic heterocycles. The summed E-state index contributed by atoms with van der Waals surface area (Å²) in [4.78, 5) is 22.7. The highest BCUT2D eigenvalue weighted by Gasteiger charge is 2.21. The first-order valence-corrected chi connectivity index (χ1v) is 6.02. The molecule has 0 bridgehead atoms.